The molecule has 0 bridgehead atoms. The van der Waals surface area contributed by atoms with Crippen molar-refractivity contribution in [1.29, 1.82) is 0 Å². The smallest absolute Gasteiger partial charge is 0.319 e. The van der Waals surface area contributed by atoms with Crippen molar-refractivity contribution in [2.45, 2.75) is 23.6 Å². The number of hydrogen-bond donors (Lipinski definition) is 1. The number of carboxylic acids is 1. The van der Waals surface area contributed by atoms with Gasteiger partial charge < -0.3 is 5.11 Å². The standard InChI is InChI=1S/C9H10N2O4S/c1-9(2,8(12)13)16-7-4-3-6(5-10-7)11(14)15/h3-5H,1-2H3,(H,12,13). The summed E-state index contributed by atoms with van der Waals surface area (Å²) in [6.45, 7) is 3.09. The Bertz CT molecular complexity index is 416. The summed E-state index contributed by atoms with van der Waals surface area (Å²) in [5.74, 6) is -0.961. The number of pyridine rings is 1. The van der Waals surface area contributed by atoms with Gasteiger partial charge in [-0.3, -0.25) is 14.9 Å². The number of carboxylic acid groups (broad SMARTS) is 1. The molecular formula is C9H10N2O4S. The van der Waals surface area contributed by atoms with Crippen molar-refractivity contribution >= 4 is 23.4 Å². The molecule has 1 rings (SSSR count). The van der Waals surface area contributed by atoms with Crippen LogP contribution in [0.3, 0.4) is 0 Å². The molecule has 0 spiro atoms. The molecule has 1 N–H and O–H groups in total. The zero-order valence-corrected chi connectivity index (χ0v) is 9.52. The van der Waals surface area contributed by atoms with Gasteiger partial charge in [-0.15, -0.1) is 0 Å². The molecule has 1 aromatic heterocycles. The second-order valence-electron chi connectivity index (χ2n) is 3.53. The Morgan fingerprint density at radius 3 is 2.56 bits per heavy atom. The Labute approximate surface area is 95.8 Å². The van der Waals surface area contributed by atoms with Crippen LogP contribution in [-0.2, 0) is 4.79 Å². The van der Waals surface area contributed by atoms with Crippen LogP contribution in [0.25, 0.3) is 0 Å². The fraction of sp³-hybridized carbons (Fsp3) is 0.333. The van der Waals surface area contributed by atoms with Crippen LogP contribution in [0.2, 0.25) is 0 Å². The molecule has 1 heterocycles. The Balaban J connectivity index is 2.84. The zero-order chi connectivity index (χ0) is 12.3. The molecule has 0 amide bonds. The first-order valence-electron chi connectivity index (χ1n) is 4.36. The quantitative estimate of drug-likeness (QED) is 0.492. The third kappa shape index (κ3) is 2.93. The monoisotopic (exact) mass is 242 g/mol. The number of aliphatic carboxylic acids is 1. The summed E-state index contributed by atoms with van der Waals surface area (Å²) in [5.41, 5.74) is -0.113. The van der Waals surface area contributed by atoms with E-state index in [2.05, 4.69) is 4.98 Å². The highest BCUT2D eigenvalue weighted by Gasteiger charge is 2.29. The number of rotatable bonds is 4. The summed E-state index contributed by atoms with van der Waals surface area (Å²) in [7, 11) is 0. The maximum Gasteiger partial charge on any atom is 0.319 e. The summed E-state index contributed by atoms with van der Waals surface area (Å²) >= 11 is 1.04. The van der Waals surface area contributed by atoms with Crippen molar-refractivity contribution in [2.75, 3.05) is 0 Å². The lowest BCUT2D eigenvalue weighted by Gasteiger charge is -2.17. The molecule has 0 saturated carbocycles. The average molecular weight is 242 g/mol. The van der Waals surface area contributed by atoms with Gasteiger partial charge in [0.2, 0.25) is 0 Å². The predicted octanol–water partition coefficient (Wildman–Crippen LogP) is 1.95. The van der Waals surface area contributed by atoms with E-state index in [1.807, 2.05) is 0 Å². The number of aromatic nitrogens is 1. The number of thioether (sulfide) groups is 1. The van der Waals surface area contributed by atoms with E-state index in [9.17, 15) is 14.9 Å². The topological polar surface area (TPSA) is 93.3 Å². The Hall–Kier alpha value is -1.63. The first kappa shape index (κ1) is 12.4. The molecule has 0 aliphatic heterocycles. The lowest BCUT2D eigenvalue weighted by molar-refractivity contribution is -0.385. The van der Waals surface area contributed by atoms with Gasteiger partial charge in [-0.05, 0) is 19.9 Å². The highest BCUT2D eigenvalue weighted by atomic mass is 32.2. The minimum Gasteiger partial charge on any atom is -0.480 e. The lowest BCUT2D eigenvalue weighted by Crippen LogP contribution is -2.27. The third-order valence-electron chi connectivity index (χ3n) is 1.81. The molecular weight excluding hydrogens is 232 g/mol. The molecule has 0 aliphatic rings. The number of hydrogen-bond acceptors (Lipinski definition) is 5. The number of carbonyl (C=O) groups is 1. The predicted molar refractivity (Wildman–Crippen MR) is 58.5 cm³/mol. The summed E-state index contributed by atoms with van der Waals surface area (Å²) < 4.78 is -1.01. The van der Waals surface area contributed by atoms with E-state index < -0.39 is 15.6 Å². The second kappa shape index (κ2) is 4.48. The molecule has 0 fully saturated rings. The van der Waals surface area contributed by atoms with E-state index >= 15 is 0 Å². The van der Waals surface area contributed by atoms with Gasteiger partial charge in [0, 0.05) is 6.07 Å². The zero-order valence-electron chi connectivity index (χ0n) is 8.71. The van der Waals surface area contributed by atoms with Gasteiger partial charge in [0.05, 0.1) is 9.95 Å². The van der Waals surface area contributed by atoms with E-state index in [0.29, 0.717) is 5.03 Å². The van der Waals surface area contributed by atoms with Crippen LogP contribution in [0, 0.1) is 10.1 Å². The summed E-state index contributed by atoms with van der Waals surface area (Å²) in [6, 6.07) is 2.74. The summed E-state index contributed by atoms with van der Waals surface area (Å²) in [5, 5.41) is 19.7. The normalized spacial score (nSPS) is 11.1. The molecule has 7 heteroatoms. The minimum atomic E-state index is -1.01. The van der Waals surface area contributed by atoms with E-state index in [-0.39, 0.29) is 5.69 Å². The van der Waals surface area contributed by atoms with Crippen molar-refractivity contribution in [3.63, 3.8) is 0 Å². The largest absolute Gasteiger partial charge is 0.480 e. The van der Waals surface area contributed by atoms with Crippen LogP contribution in [-0.4, -0.2) is 25.7 Å². The highest BCUT2D eigenvalue weighted by Crippen LogP contribution is 2.31. The van der Waals surface area contributed by atoms with Crippen molar-refractivity contribution in [3.05, 3.63) is 28.4 Å². The van der Waals surface area contributed by atoms with E-state index in [4.69, 9.17) is 5.11 Å². The minimum absolute atomic E-state index is 0.113. The Morgan fingerprint density at radius 1 is 1.56 bits per heavy atom. The lowest BCUT2D eigenvalue weighted by atomic mass is 10.2. The summed E-state index contributed by atoms with van der Waals surface area (Å²) in [4.78, 5) is 24.5. The first-order chi connectivity index (χ1) is 7.33. The van der Waals surface area contributed by atoms with Crippen LogP contribution in [0.4, 0.5) is 5.69 Å². The average Bonchev–Trinajstić information content (AvgIpc) is 2.17. The SMILES string of the molecule is CC(C)(Sc1ccc([N+](=O)[O-])cn1)C(=O)O. The first-order valence-corrected chi connectivity index (χ1v) is 5.17. The van der Waals surface area contributed by atoms with Crippen molar-refractivity contribution < 1.29 is 14.8 Å². The van der Waals surface area contributed by atoms with Crippen LogP contribution < -0.4 is 0 Å². The van der Waals surface area contributed by atoms with Gasteiger partial charge in [-0.2, -0.15) is 0 Å². The molecule has 16 heavy (non-hydrogen) atoms. The van der Waals surface area contributed by atoms with Crippen LogP contribution in [0.5, 0.6) is 0 Å². The fourth-order valence-electron chi connectivity index (χ4n) is 0.846. The van der Waals surface area contributed by atoms with Crippen molar-refractivity contribution in [3.8, 4) is 0 Å². The molecule has 0 aliphatic carbocycles. The van der Waals surface area contributed by atoms with Gasteiger partial charge in [0.15, 0.2) is 0 Å². The molecule has 0 radical (unpaired) electrons. The number of nitro groups is 1. The van der Waals surface area contributed by atoms with Crippen molar-refractivity contribution in [1.82, 2.24) is 4.98 Å². The van der Waals surface area contributed by atoms with Gasteiger partial charge in [-0.25, -0.2) is 4.98 Å². The second-order valence-corrected chi connectivity index (χ2v) is 5.17. The summed E-state index contributed by atoms with van der Waals surface area (Å²) in [6.07, 6.45) is 1.11. The molecule has 0 unspecified atom stereocenters. The molecule has 0 atom stereocenters. The van der Waals surface area contributed by atoms with E-state index in [1.54, 1.807) is 13.8 Å². The van der Waals surface area contributed by atoms with Crippen LogP contribution in [0.1, 0.15) is 13.8 Å². The van der Waals surface area contributed by atoms with E-state index in [0.717, 1.165) is 18.0 Å². The molecule has 6 nitrogen and oxygen atoms in total. The third-order valence-corrected chi connectivity index (χ3v) is 2.94. The maximum absolute atomic E-state index is 10.8. The fourth-order valence-corrected chi connectivity index (χ4v) is 1.70. The Kier molecular flexibility index (Phi) is 3.48. The number of nitrogens with zero attached hydrogens (tertiary/aromatic N) is 2. The molecule has 0 aromatic carbocycles. The molecule has 0 saturated heterocycles. The van der Waals surface area contributed by atoms with Gasteiger partial charge in [-0.1, -0.05) is 11.8 Å². The van der Waals surface area contributed by atoms with Gasteiger partial charge in [0.25, 0.3) is 5.69 Å². The van der Waals surface area contributed by atoms with Crippen LogP contribution >= 0.6 is 11.8 Å². The maximum atomic E-state index is 10.8. The van der Waals surface area contributed by atoms with E-state index in [1.165, 1.54) is 12.1 Å². The highest BCUT2D eigenvalue weighted by molar-refractivity contribution is 8.01. The van der Waals surface area contributed by atoms with Crippen molar-refractivity contribution in [2.24, 2.45) is 0 Å². The molecule has 1 aromatic rings. The van der Waals surface area contributed by atoms with Crippen LogP contribution in [0.15, 0.2) is 23.4 Å². The van der Waals surface area contributed by atoms with Gasteiger partial charge in [0.1, 0.15) is 10.9 Å². The van der Waals surface area contributed by atoms with Gasteiger partial charge >= 0.3 is 5.97 Å². The molecule has 86 valence electrons. The Morgan fingerprint density at radius 2 is 2.19 bits per heavy atom.